The van der Waals surface area contributed by atoms with E-state index in [1.165, 1.54) is 30.9 Å². The highest BCUT2D eigenvalue weighted by Gasteiger charge is 1.98. The molecule has 0 amide bonds. The Bertz CT molecular complexity index is 739. The molecule has 0 saturated heterocycles. The summed E-state index contributed by atoms with van der Waals surface area (Å²) in [5, 5.41) is 0. The minimum atomic E-state index is 0.0852. The second-order valence-corrected chi connectivity index (χ2v) is 6.27. The zero-order chi connectivity index (χ0) is 17.9. The number of carbonyl (C=O) groups is 1. The third-order valence-corrected chi connectivity index (χ3v) is 4.22. The molecule has 0 aliphatic heterocycles. The number of aryl methyl sites for hydroxylation is 2. The fraction of sp³-hybridized carbons (Fsp3) is 0.292. The van der Waals surface area contributed by atoms with E-state index in [2.05, 4.69) is 49.6 Å². The van der Waals surface area contributed by atoms with Gasteiger partial charge in [0.15, 0.2) is 5.78 Å². The van der Waals surface area contributed by atoms with Crippen LogP contribution in [0.3, 0.4) is 0 Å². The predicted octanol–water partition coefficient (Wildman–Crippen LogP) is 5.51. The lowest BCUT2D eigenvalue weighted by molar-refractivity contribution is -0.114. The van der Waals surface area contributed by atoms with E-state index >= 15 is 0 Å². The summed E-state index contributed by atoms with van der Waals surface area (Å²) in [5.41, 5.74) is 4.57. The summed E-state index contributed by atoms with van der Waals surface area (Å²) in [7, 11) is 0. The summed E-state index contributed by atoms with van der Waals surface area (Å²) >= 11 is 0. The second kappa shape index (κ2) is 10.3. The summed E-state index contributed by atoms with van der Waals surface area (Å²) in [6.07, 6.45) is 7.60. The van der Waals surface area contributed by atoms with E-state index in [1.807, 2.05) is 24.3 Å². The second-order valence-electron chi connectivity index (χ2n) is 6.27. The maximum atomic E-state index is 11.3. The van der Waals surface area contributed by atoms with Crippen LogP contribution in [-0.2, 0) is 17.6 Å². The third kappa shape index (κ3) is 6.81. The van der Waals surface area contributed by atoms with Crippen LogP contribution in [-0.4, -0.2) is 5.78 Å². The topological polar surface area (TPSA) is 17.1 Å². The molecule has 0 heterocycles. The number of allylic oxidation sites excluding steroid dienone is 1. The standard InChI is InChI=1S/C24H26O/c1-3-5-6-7-20-8-10-21(11-9-20)12-13-22-14-16-23(17-15-22)18-19-24(25)4-2/h4,8-11,14-17H,2-3,5-7,18-19H2,1H3. The summed E-state index contributed by atoms with van der Waals surface area (Å²) in [5.74, 6) is 6.50. The first-order valence-electron chi connectivity index (χ1n) is 9.06. The van der Waals surface area contributed by atoms with Gasteiger partial charge in [-0.15, -0.1) is 0 Å². The largest absolute Gasteiger partial charge is 0.295 e. The van der Waals surface area contributed by atoms with Crippen molar-refractivity contribution in [1.82, 2.24) is 0 Å². The van der Waals surface area contributed by atoms with Crippen LogP contribution in [0.15, 0.2) is 61.2 Å². The van der Waals surface area contributed by atoms with E-state index in [9.17, 15) is 4.79 Å². The molecule has 0 N–H and O–H groups in total. The first kappa shape index (κ1) is 18.7. The molecule has 2 aromatic carbocycles. The number of hydrogen-bond acceptors (Lipinski definition) is 1. The molecule has 0 aliphatic carbocycles. The van der Waals surface area contributed by atoms with Crippen molar-refractivity contribution in [2.24, 2.45) is 0 Å². The minimum absolute atomic E-state index is 0.0852. The van der Waals surface area contributed by atoms with E-state index in [0.717, 1.165) is 29.5 Å². The molecule has 0 saturated carbocycles. The molecule has 1 nitrogen and oxygen atoms in total. The van der Waals surface area contributed by atoms with Crippen LogP contribution >= 0.6 is 0 Å². The molecule has 1 heteroatoms. The van der Waals surface area contributed by atoms with Crippen molar-refractivity contribution >= 4 is 5.78 Å². The Hall–Kier alpha value is -2.59. The van der Waals surface area contributed by atoms with Gasteiger partial charge in [0.2, 0.25) is 0 Å². The lowest BCUT2D eigenvalue weighted by Crippen LogP contribution is -1.95. The maximum Gasteiger partial charge on any atom is 0.155 e. The molecular weight excluding hydrogens is 304 g/mol. The summed E-state index contributed by atoms with van der Waals surface area (Å²) in [4.78, 5) is 11.3. The zero-order valence-corrected chi connectivity index (χ0v) is 15.1. The van der Waals surface area contributed by atoms with Gasteiger partial charge in [-0.05, 0) is 60.7 Å². The number of ketones is 1. The molecule has 0 fully saturated rings. The van der Waals surface area contributed by atoms with Gasteiger partial charge >= 0.3 is 0 Å². The lowest BCUT2D eigenvalue weighted by atomic mass is 10.0. The molecule has 0 bridgehead atoms. The van der Waals surface area contributed by atoms with E-state index in [1.54, 1.807) is 0 Å². The van der Waals surface area contributed by atoms with Crippen LogP contribution in [0.25, 0.3) is 0 Å². The Kier molecular flexibility index (Phi) is 7.73. The third-order valence-electron chi connectivity index (χ3n) is 4.22. The summed E-state index contributed by atoms with van der Waals surface area (Å²) in [6.45, 7) is 5.72. The van der Waals surface area contributed by atoms with Crippen molar-refractivity contribution in [3.8, 4) is 11.8 Å². The molecule has 0 atom stereocenters. The highest BCUT2D eigenvalue weighted by molar-refractivity contribution is 5.89. The molecule has 0 aromatic heterocycles. The van der Waals surface area contributed by atoms with Gasteiger partial charge in [-0.2, -0.15) is 0 Å². The van der Waals surface area contributed by atoms with Gasteiger partial charge in [-0.3, -0.25) is 4.79 Å². The van der Waals surface area contributed by atoms with Crippen molar-refractivity contribution in [2.45, 2.75) is 45.4 Å². The SMILES string of the molecule is C=CC(=O)CCc1ccc(C#Cc2ccc(CCCCC)cc2)cc1. The molecule has 128 valence electrons. The van der Waals surface area contributed by atoms with Crippen LogP contribution in [0, 0.1) is 11.8 Å². The number of hydrogen-bond donors (Lipinski definition) is 0. The molecule has 0 radical (unpaired) electrons. The van der Waals surface area contributed by atoms with Crippen LogP contribution in [0.4, 0.5) is 0 Å². The molecule has 2 aromatic rings. The predicted molar refractivity (Wildman–Crippen MR) is 106 cm³/mol. The van der Waals surface area contributed by atoms with Gasteiger partial charge in [0.25, 0.3) is 0 Å². The Morgan fingerprint density at radius 3 is 1.88 bits per heavy atom. The number of benzene rings is 2. The van der Waals surface area contributed by atoms with Crippen molar-refractivity contribution in [3.63, 3.8) is 0 Å². The monoisotopic (exact) mass is 330 g/mol. The molecule has 0 unspecified atom stereocenters. The lowest BCUT2D eigenvalue weighted by Gasteiger charge is -2.00. The van der Waals surface area contributed by atoms with Gasteiger partial charge in [-0.1, -0.05) is 62.5 Å². The molecule has 25 heavy (non-hydrogen) atoms. The van der Waals surface area contributed by atoms with E-state index < -0.39 is 0 Å². The Balaban J connectivity index is 1.91. The van der Waals surface area contributed by atoms with Crippen LogP contribution in [0.1, 0.15) is 54.9 Å². The van der Waals surface area contributed by atoms with Crippen LogP contribution < -0.4 is 0 Å². The molecule has 0 spiro atoms. The van der Waals surface area contributed by atoms with E-state index in [4.69, 9.17) is 0 Å². The number of rotatable bonds is 8. The van der Waals surface area contributed by atoms with Gasteiger partial charge in [0, 0.05) is 17.5 Å². The first-order chi connectivity index (χ1) is 12.2. The molecule has 2 rings (SSSR count). The van der Waals surface area contributed by atoms with Gasteiger partial charge in [0.1, 0.15) is 0 Å². The van der Waals surface area contributed by atoms with E-state index in [0.29, 0.717) is 6.42 Å². The van der Waals surface area contributed by atoms with Gasteiger partial charge in [-0.25, -0.2) is 0 Å². The average Bonchev–Trinajstić information content (AvgIpc) is 2.66. The Morgan fingerprint density at radius 1 is 0.880 bits per heavy atom. The van der Waals surface area contributed by atoms with Gasteiger partial charge < -0.3 is 0 Å². The smallest absolute Gasteiger partial charge is 0.155 e. The van der Waals surface area contributed by atoms with Crippen molar-refractivity contribution in [1.29, 1.82) is 0 Å². The van der Waals surface area contributed by atoms with Crippen LogP contribution in [0.2, 0.25) is 0 Å². The molecule has 0 aliphatic rings. The quantitative estimate of drug-likeness (QED) is 0.354. The van der Waals surface area contributed by atoms with Crippen molar-refractivity contribution in [3.05, 3.63) is 83.4 Å². The maximum absolute atomic E-state index is 11.3. The average molecular weight is 330 g/mol. The minimum Gasteiger partial charge on any atom is -0.295 e. The fourth-order valence-electron chi connectivity index (χ4n) is 2.60. The van der Waals surface area contributed by atoms with Gasteiger partial charge in [0.05, 0.1) is 0 Å². The number of carbonyl (C=O) groups excluding carboxylic acids is 1. The zero-order valence-electron chi connectivity index (χ0n) is 15.1. The first-order valence-corrected chi connectivity index (χ1v) is 9.06. The van der Waals surface area contributed by atoms with E-state index in [-0.39, 0.29) is 5.78 Å². The highest BCUT2D eigenvalue weighted by Crippen LogP contribution is 2.09. The van der Waals surface area contributed by atoms with Crippen molar-refractivity contribution < 1.29 is 4.79 Å². The van der Waals surface area contributed by atoms with Crippen molar-refractivity contribution in [2.75, 3.05) is 0 Å². The summed E-state index contributed by atoms with van der Waals surface area (Å²) in [6, 6.07) is 16.7. The fourth-order valence-corrected chi connectivity index (χ4v) is 2.60. The summed E-state index contributed by atoms with van der Waals surface area (Å²) < 4.78 is 0. The number of unbranched alkanes of at least 4 members (excludes halogenated alkanes) is 2. The Morgan fingerprint density at radius 2 is 1.40 bits per heavy atom. The van der Waals surface area contributed by atoms with Crippen LogP contribution in [0.5, 0.6) is 0 Å². The Labute approximate surface area is 151 Å². The highest BCUT2D eigenvalue weighted by atomic mass is 16.1. The normalized spacial score (nSPS) is 9.96. The molecular formula is C24H26O.